The minimum Gasteiger partial charge on any atom is -0.393 e. The Morgan fingerprint density at radius 3 is 2.40 bits per heavy atom. The number of carbonyl (C=O) groups is 1. The number of halogens is 4. The van der Waals surface area contributed by atoms with Crippen LogP contribution < -0.4 is 5.32 Å². The van der Waals surface area contributed by atoms with E-state index in [0.29, 0.717) is 19.3 Å². The SMILES string of the molecule is CC12CCC(C(=O)Nc3cc(C(F)(F)F)ccc3Cl)(CC1O)C2(C)C. The van der Waals surface area contributed by atoms with Crippen molar-refractivity contribution in [3.63, 3.8) is 0 Å². The smallest absolute Gasteiger partial charge is 0.393 e. The number of nitrogens with one attached hydrogen (secondary N) is 1. The third-order valence-electron chi connectivity index (χ3n) is 6.95. The van der Waals surface area contributed by atoms with Crippen molar-refractivity contribution < 1.29 is 23.1 Å². The molecule has 2 saturated carbocycles. The van der Waals surface area contributed by atoms with Crippen LogP contribution in [0.2, 0.25) is 5.02 Å². The number of carbonyl (C=O) groups excluding carboxylic acids is 1. The van der Waals surface area contributed by atoms with Crippen LogP contribution in [-0.4, -0.2) is 17.1 Å². The first-order valence-corrected chi connectivity index (χ1v) is 8.59. The van der Waals surface area contributed by atoms with Gasteiger partial charge >= 0.3 is 6.18 Å². The van der Waals surface area contributed by atoms with Crippen LogP contribution in [0, 0.1) is 16.2 Å². The van der Waals surface area contributed by atoms with Gasteiger partial charge in [0, 0.05) is 0 Å². The number of hydrogen-bond donors (Lipinski definition) is 2. The van der Waals surface area contributed by atoms with E-state index in [-0.39, 0.29) is 22.0 Å². The predicted molar refractivity (Wildman–Crippen MR) is 89.3 cm³/mol. The number of alkyl halides is 3. The standard InChI is InChI=1S/C18H21ClF3NO2/c1-15(2)16(3)6-7-17(15,9-13(16)24)14(25)23-12-8-10(18(20,21)22)4-5-11(12)19/h4-5,8,13,24H,6-7,9H2,1-3H3,(H,23,25). The summed E-state index contributed by atoms with van der Waals surface area (Å²) >= 11 is 5.99. The number of rotatable bonds is 2. The largest absolute Gasteiger partial charge is 0.416 e. The number of aliphatic hydroxyl groups is 1. The summed E-state index contributed by atoms with van der Waals surface area (Å²) in [6.45, 7) is 5.87. The van der Waals surface area contributed by atoms with Gasteiger partial charge in [0.05, 0.1) is 27.8 Å². The van der Waals surface area contributed by atoms with Crippen LogP contribution in [0.1, 0.15) is 45.6 Å². The molecule has 0 spiro atoms. The average molecular weight is 376 g/mol. The molecule has 3 unspecified atom stereocenters. The summed E-state index contributed by atoms with van der Waals surface area (Å²) in [5.74, 6) is -0.376. The number of benzene rings is 1. The Morgan fingerprint density at radius 2 is 1.92 bits per heavy atom. The molecule has 138 valence electrons. The predicted octanol–water partition coefficient (Wildman–Crippen LogP) is 4.87. The molecule has 0 saturated heterocycles. The summed E-state index contributed by atoms with van der Waals surface area (Å²) in [6, 6.07) is 2.86. The molecule has 3 rings (SSSR count). The fraction of sp³-hybridized carbons (Fsp3) is 0.611. The molecule has 1 aromatic rings. The Kier molecular flexibility index (Phi) is 3.97. The van der Waals surface area contributed by atoms with Gasteiger partial charge in [-0.1, -0.05) is 32.4 Å². The van der Waals surface area contributed by atoms with Crippen molar-refractivity contribution >= 4 is 23.2 Å². The number of aliphatic hydroxyl groups excluding tert-OH is 1. The van der Waals surface area contributed by atoms with E-state index in [4.69, 9.17) is 11.6 Å². The minimum absolute atomic E-state index is 0.0508. The quantitative estimate of drug-likeness (QED) is 0.774. The highest BCUT2D eigenvalue weighted by atomic mass is 35.5. The fourth-order valence-electron chi connectivity index (χ4n) is 4.67. The maximum Gasteiger partial charge on any atom is 0.416 e. The molecule has 2 bridgehead atoms. The lowest BCUT2D eigenvalue weighted by Crippen LogP contribution is -2.43. The van der Waals surface area contributed by atoms with Gasteiger partial charge in [0.25, 0.3) is 0 Å². The van der Waals surface area contributed by atoms with Crippen molar-refractivity contribution in [2.24, 2.45) is 16.2 Å². The molecule has 25 heavy (non-hydrogen) atoms. The summed E-state index contributed by atoms with van der Waals surface area (Å²) in [5.41, 5.74) is -2.61. The second-order valence-electron chi connectivity index (χ2n) is 7.99. The van der Waals surface area contributed by atoms with Crippen LogP contribution >= 0.6 is 11.6 Å². The second-order valence-corrected chi connectivity index (χ2v) is 8.40. The van der Waals surface area contributed by atoms with Crippen LogP contribution in [-0.2, 0) is 11.0 Å². The molecule has 2 aliphatic rings. The number of amides is 1. The van der Waals surface area contributed by atoms with E-state index in [1.807, 2.05) is 20.8 Å². The maximum atomic E-state index is 13.0. The molecule has 2 aliphatic carbocycles. The van der Waals surface area contributed by atoms with Crippen LogP contribution in [0.25, 0.3) is 0 Å². The summed E-state index contributed by atoms with van der Waals surface area (Å²) < 4.78 is 38.8. The topological polar surface area (TPSA) is 49.3 Å². The van der Waals surface area contributed by atoms with Crippen molar-refractivity contribution in [1.82, 2.24) is 0 Å². The first kappa shape index (κ1) is 18.5. The number of fused-ring (bicyclic) bond motifs is 2. The lowest BCUT2D eigenvalue weighted by atomic mass is 9.64. The van der Waals surface area contributed by atoms with Crippen LogP contribution in [0.15, 0.2) is 18.2 Å². The van der Waals surface area contributed by atoms with Crippen molar-refractivity contribution in [2.75, 3.05) is 5.32 Å². The fourth-order valence-corrected chi connectivity index (χ4v) is 4.83. The van der Waals surface area contributed by atoms with E-state index < -0.39 is 28.7 Å². The molecule has 3 atom stereocenters. The summed E-state index contributed by atoms with van der Waals surface area (Å²) in [4.78, 5) is 13.0. The molecule has 3 nitrogen and oxygen atoms in total. The van der Waals surface area contributed by atoms with Crippen LogP contribution in [0.5, 0.6) is 0 Å². The van der Waals surface area contributed by atoms with Gasteiger partial charge in [-0.3, -0.25) is 4.79 Å². The molecule has 1 amide bonds. The van der Waals surface area contributed by atoms with E-state index in [1.165, 1.54) is 0 Å². The average Bonchev–Trinajstić information content (AvgIpc) is 2.78. The van der Waals surface area contributed by atoms with Gasteiger partial charge in [-0.15, -0.1) is 0 Å². The first-order valence-electron chi connectivity index (χ1n) is 8.21. The Balaban J connectivity index is 1.94. The number of anilines is 1. The van der Waals surface area contributed by atoms with E-state index >= 15 is 0 Å². The normalized spacial score (nSPS) is 33.5. The molecule has 1 aromatic carbocycles. The molecule has 0 heterocycles. The van der Waals surface area contributed by atoms with Gasteiger partial charge in [0.15, 0.2) is 0 Å². The molecular formula is C18H21ClF3NO2. The van der Waals surface area contributed by atoms with E-state index in [0.717, 1.165) is 18.2 Å². The molecule has 2 N–H and O–H groups in total. The van der Waals surface area contributed by atoms with Crippen molar-refractivity contribution in [1.29, 1.82) is 0 Å². The third kappa shape index (κ3) is 2.40. The minimum atomic E-state index is -4.52. The summed E-state index contributed by atoms with van der Waals surface area (Å²) in [5, 5.41) is 13.1. The second kappa shape index (κ2) is 5.36. The van der Waals surface area contributed by atoms with Crippen LogP contribution in [0.3, 0.4) is 0 Å². The summed E-state index contributed by atoms with van der Waals surface area (Å²) in [7, 11) is 0. The zero-order valence-corrected chi connectivity index (χ0v) is 15.1. The molecule has 7 heteroatoms. The third-order valence-corrected chi connectivity index (χ3v) is 7.28. The highest BCUT2D eigenvalue weighted by molar-refractivity contribution is 6.33. The van der Waals surface area contributed by atoms with E-state index in [9.17, 15) is 23.1 Å². The van der Waals surface area contributed by atoms with Gasteiger partial charge < -0.3 is 10.4 Å². The highest BCUT2D eigenvalue weighted by Crippen LogP contribution is 2.72. The van der Waals surface area contributed by atoms with Crippen molar-refractivity contribution in [2.45, 2.75) is 52.3 Å². The van der Waals surface area contributed by atoms with E-state index in [1.54, 1.807) is 0 Å². The first-order chi connectivity index (χ1) is 11.3. The zero-order valence-electron chi connectivity index (χ0n) is 14.3. The van der Waals surface area contributed by atoms with Gasteiger partial charge in [0.1, 0.15) is 0 Å². The lowest BCUT2D eigenvalue weighted by Gasteiger charge is -2.40. The van der Waals surface area contributed by atoms with Gasteiger partial charge in [-0.2, -0.15) is 13.2 Å². The van der Waals surface area contributed by atoms with E-state index in [2.05, 4.69) is 5.32 Å². The molecule has 0 aliphatic heterocycles. The van der Waals surface area contributed by atoms with Crippen molar-refractivity contribution in [3.8, 4) is 0 Å². The molecule has 2 fully saturated rings. The number of hydrogen-bond acceptors (Lipinski definition) is 2. The molecule has 0 aromatic heterocycles. The molecular weight excluding hydrogens is 355 g/mol. The Morgan fingerprint density at radius 1 is 1.28 bits per heavy atom. The molecule has 0 radical (unpaired) electrons. The monoisotopic (exact) mass is 375 g/mol. The Hall–Kier alpha value is -1.27. The van der Waals surface area contributed by atoms with Gasteiger partial charge in [-0.05, 0) is 48.3 Å². The van der Waals surface area contributed by atoms with Gasteiger partial charge in [-0.25, -0.2) is 0 Å². The maximum absolute atomic E-state index is 13.0. The highest BCUT2D eigenvalue weighted by Gasteiger charge is 2.72. The van der Waals surface area contributed by atoms with Crippen LogP contribution in [0.4, 0.5) is 18.9 Å². The Labute approximate surface area is 149 Å². The summed E-state index contributed by atoms with van der Waals surface area (Å²) in [6.07, 6.45) is -3.53. The van der Waals surface area contributed by atoms with Gasteiger partial charge in [0.2, 0.25) is 5.91 Å². The zero-order chi connectivity index (χ0) is 18.8. The van der Waals surface area contributed by atoms with Crippen molar-refractivity contribution in [3.05, 3.63) is 28.8 Å². The lowest BCUT2D eigenvalue weighted by molar-refractivity contribution is -0.137. The Bertz CT molecular complexity index is 734.